The molecule has 5 heteroatoms. The van der Waals surface area contributed by atoms with Crippen LogP contribution in [-0.4, -0.2) is 12.3 Å². The molecule has 8 aliphatic rings. The molecule has 1 fully saturated rings. The Balaban J connectivity index is 0.955. The van der Waals surface area contributed by atoms with E-state index >= 15 is 0 Å². The van der Waals surface area contributed by atoms with Crippen molar-refractivity contribution in [1.82, 2.24) is 0 Å². The van der Waals surface area contributed by atoms with E-state index < -0.39 is 0 Å². The van der Waals surface area contributed by atoms with Crippen LogP contribution in [0.25, 0.3) is 22.3 Å². The number of benzene rings is 8. The molecule has 88 heavy (non-hydrogen) atoms. The lowest BCUT2D eigenvalue weighted by Crippen LogP contribution is -2.62. The summed E-state index contributed by atoms with van der Waals surface area (Å²) in [7, 11) is 0. The molecular formula is C83H92BN3O. The number of aryl methyl sites for hydroxylation is 2. The first-order valence-electron chi connectivity index (χ1n) is 33.8. The summed E-state index contributed by atoms with van der Waals surface area (Å²) in [6.07, 6.45) is 11.8. The van der Waals surface area contributed by atoms with Crippen LogP contribution in [0.4, 0.5) is 45.5 Å². The quantitative estimate of drug-likeness (QED) is 0.164. The summed E-state index contributed by atoms with van der Waals surface area (Å²) in [6.45, 7) is 40.3. The van der Waals surface area contributed by atoms with Crippen LogP contribution < -0.4 is 35.8 Å². The van der Waals surface area contributed by atoms with Gasteiger partial charge in [-0.05, 0) is 248 Å². The topological polar surface area (TPSA) is 19.0 Å². The molecule has 16 rings (SSSR count). The van der Waals surface area contributed by atoms with E-state index in [-0.39, 0.29) is 50.2 Å². The van der Waals surface area contributed by atoms with Crippen LogP contribution in [0.3, 0.4) is 0 Å². The third-order valence-electron chi connectivity index (χ3n) is 25.0. The van der Waals surface area contributed by atoms with Crippen LogP contribution >= 0.6 is 0 Å². The van der Waals surface area contributed by atoms with Gasteiger partial charge in [0, 0.05) is 50.8 Å². The molecular weight excluding hydrogens is 1070 g/mol. The van der Waals surface area contributed by atoms with Gasteiger partial charge in [-0.15, -0.1) is 0 Å². The van der Waals surface area contributed by atoms with Gasteiger partial charge in [-0.3, -0.25) is 0 Å². The Hall–Kier alpha value is -6.98. The van der Waals surface area contributed by atoms with E-state index in [1.54, 1.807) is 0 Å². The highest BCUT2D eigenvalue weighted by Crippen LogP contribution is 2.63. The molecule has 448 valence electrons. The molecule has 4 aliphatic carbocycles. The van der Waals surface area contributed by atoms with Gasteiger partial charge in [0.25, 0.3) is 6.71 Å². The van der Waals surface area contributed by atoms with Gasteiger partial charge in [0.15, 0.2) is 5.75 Å². The van der Waals surface area contributed by atoms with Crippen molar-refractivity contribution in [3.8, 4) is 28.0 Å². The Morgan fingerprint density at radius 2 is 0.920 bits per heavy atom. The fraction of sp³-hybridized carbons (Fsp3) is 0.422. The van der Waals surface area contributed by atoms with Crippen LogP contribution in [0.15, 0.2) is 133 Å². The number of hydrogen-bond donors (Lipinski definition) is 0. The Morgan fingerprint density at radius 1 is 0.386 bits per heavy atom. The first kappa shape index (κ1) is 56.3. The molecule has 0 N–H and O–H groups in total. The first-order chi connectivity index (χ1) is 41.6. The molecule has 0 amide bonds. The van der Waals surface area contributed by atoms with Crippen molar-refractivity contribution < 1.29 is 4.74 Å². The minimum atomic E-state index is -0.145. The SMILES string of the molecule is Cc1cc2c3c(c1)N(c1cccc4c1OCc1ccccc1-4)c1cc4c(cc1B3c1ccc(N3c5ccc(-c6ccc7c(c6)C(C)(C)CCC7(C)C)cc5C5(C)CCCCC35C)cc1N2c1cc2c(cc1C)C(C)(C)CCC2(C)C)C(C)(C)CCC4(C)C. The highest BCUT2D eigenvalue weighted by atomic mass is 16.5. The van der Waals surface area contributed by atoms with Crippen LogP contribution in [0.2, 0.25) is 0 Å². The average molecular weight is 1160 g/mol. The fourth-order valence-corrected chi connectivity index (χ4v) is 19.0. The zero-order valence-electron chi connectivity index (χ0n) is 55.8. The molecule has 8 aromatic carbocycles. The summed E-state index contributed by atoms with van der Waals surface area (Å²) in [4.78, 5) is 8.26. The molecule has 0 bridgehead atoms. The Morgan fingerprint density at radius 3 is 1.59 bits per heavy atom. The van der Waals surface area contributed by atoms with E-state index in [1.807, 2.05) is 0 Å². The second-order valence-corrected chi connectivity index (χ2v) is 33.2. The molecule has 4 nitrogen and oxygen atoms in total. The largest absolute Gasteiger partial charge is 0.486 e. The highest BCUT2D eigenvalue weighted by molar-refractivity contribution is 7.00. The van der Waals surface area contributed by atoms with Gasteiger partial charge in [0.1, 0.15) is 6.61 Å². The van der Waals surface area contributed by atoms with E-state index in [9.17, 15) is 0 Å². The molecule has 2 atom stereocenters. The number of anilines is 8. The zero-order chi connectivity index (χ0) is 61.4. The van der Waals surface area contributed by atoms with E-state index in [0.29, 0.717) is 6.61 Å². The highest BCUT2D eigenvalue weighted by Gasteiger charge is 2.58. The summed E-state index contributed by atoms with van der Waals surface area (Å²) < 4.78 is 7.08. The van der Waals surface area contributed by atoms with Crippen molar-refractivity contribution >= 4 is 68.6 Å². The minimum Gasteiger partial charge on any atom is -0.486 e. The van der Waals surface area contributed by atoms with Crippen molar-refractivity contribution in [3.05, 3.63) is 189 Å². The van der Waals surface area contributed by atoms with Gasteiger partial charge < -0.3 is 19.4 Å². The molecule has 4 aliphatic heterocycles. The minimum absolute atomic E-state index is 0.00278. The lowest BCUT2D eigenvalue weighted by molar-refractivity contribution is 0.195. The zero-order valence-corrected chi connectivity index (χ0v) is 55.8. The van der Waals surface area contributed by atoms with Gasteiger partial charge >= 0.3 is 0 Å². The van der Waals surface area contributed by atoms with Crippen molar-refractivity contribution in [2.75, 3.05) is 14.7 Å². The van der Waals surface area contributed by atoms with Crippen molar-refractivity contribution in [2.45, 2.75) is 225 Å². The number of hydrogen-bond acceptors (Lipinski definition) is 4. The number of ether oxygens (including phenoxy) is 1. The molecule has 0 aromatic heterocycles. The Bertz CT molecular complexity index is 4340. The van der Waals surface area contributed by atoms with Crippen molar-refractivity contribution in [3.63, 3.8) is 0 Å². The maximum absolute atomic E-state index is 7.08. The van der Waals surface area contributed by atoms with Gasteiger partial charge in [-0.1, -0.05) is 182 Å². The summed E-state index contributed by atoms with van der Waals surface area (Å²) in [6, 6.07) is 54.3. The normalized spacial score (nSPS) is 23.6. The van der Waals surface area contributed by atoms with Gasteiger partial charge in [0.05, 0.1) is 11.2 Å². The first-order valence-corrected chi connectivity index (χ1v) is 33.8. The lowest BCUT2D eigenvalue weighted by atomic mass is 9.33. The van der Waals surface area contributed by atoms with E-state index in [0.717, 1.165) is 42.7 Å². The smallest absolute Gasteiger partial charge is 0.252 e. The van der Waals surface area contributed by atoms with Crippen molar-refractivity contribution in [1.29, 1.82) is 0 Å². The summed E-state index contributed by atoms with van der Waals surface area (Å²) in [5, 5.41) is 0. The number of rotatable bonds is 4. The number of para-hydroxylation sites is 1. The van der Waals surface area contributed by atoms with Gasteiger partial charge in [0.2, 0.25) is 0 Å². The van der Waals surface area contributed by atoms with Crippen LogP contribution in [-0.2, 0) is 44.5 Å². The van der Waals surface area contributed by atoms with Crippen LogP contribution in [0, 0.1) is 13.8 Å². The molecule has 0 saturated heterocycles. The maximum atomic E-state index is 7.08. The molecule has 1 saturated carbocycles. The second-order valence-electron chi connectivity index (χ2n) is 33.2. The molecule has 4 heterocycles. The maximum Gasteiger partial charge on any atom is 0.252 e. The number of nitrogens with zero attached hydrogens (tertiary/aromatic N) is 3. The van der Waals surface area contributed by atoms with Crippen LogP contribution in [0.5, 0.6) is 5.75 Å². The summed E-state index contributed by atoms with van der Waals surface area (Å²) in [5.74, 6) is 0.961. The Kier molecular flexibility index (Phi) is 11.7. The van der Waals surface area contributed by atoms with E-state index in [2.05, 4.69) is 259 Å². The lowest BCUT2D eigenvalue weighted by Gasteiger charge is -2.51. The third kappa shape index (κ3) is 7.76. The third-order valence-corrected chi connectivity index (χ3v) is 25.0. The van der Waals surface area contributed by atoms with Gasteiger partial charge in [-0.2, -0.15) is 0 Å². The molecule has 8 aromatic rings. The molecule has 2 unspecified atom stereocenters. The molecule has 0 radical (unpaired) electrons. The fourth-order valence-electron chi connectivity index (χ4n) is 19.0. The molecule has 0 spiro atoms. The van der Waals surface area contributed by atoms with E-state index in [1.165, 1.54) is 167 Å². The van der Waals surface area contributed by atoms with Crippen LogP contribution in [0.1, 0.15) is 217 Å². The average Bonchev–Trinajstić information content (AvgIpc) is 1.12. The number of fused-ring (bicyclic) bond motifs is 13. The second kappa shape index (κ2) is 18.4. The standard InChI is InChI=1S/C83H92BN3O/c1-50-40-72-74-73(41-50)86(69-47-62-59(42-51(69)2)77(5,6)36-38-80(62,11)12)70-45-55(87-67-31-27-53(44-64(67)82(15)32-19-20-33-83(82,87)16)52-26-29-58-60(43-52)78(7,8)35-34-76(58,3)4)28-30-65(70)84(74)66-46-61-63(81(13,14)39-37-79(61,9)10)48-71(66)85(72)68-25-21-24-57-56-23-18-17-22-54(56)49-88-75(57)68/h17-18,21-31,40-48H,19-20,32-39,49H2,1-16H3. The predicted molar refractivity (Wildman–Crippen MR) is 374 cm³/mol. The van der Waals surface area contributed by atoms with Gasteiger partial charge in [-0.25, -0.2) is 0 Å². The summed E-state index contributed by atoms with van der Waals surface area (Å²) >= 11 is 0. The monoisotopic (exact) mass is 1160 g/mol. The Labute approximate surface area is 527 Å². The van der Waals surface area contributed by atoms with Crippen molar-refractivity contribution in [2.24, 2.45) is 0 Å². The van der Waals surface area contributed by atoms with E-state index in [4.69, 9.17) is 4.74 Å². The summed E-state index contributed by atoms with van der Waals surface area (Å²) in [5.41, 5.74) is 33.9. The predicted octanol–water partition coefficient (Wildman–Crippen LogP) is 20.4.